The fraction of sp³-hybridized carbons (Fsp3) is 0.333. The first-order valence-corrected chi connectivity index (χ1v) is 12.6. The molecule has 0 amide bonds. The number of hydrogen-bond donors (Lipinski definition) is 0. The second-order valence-corrected chi connectivity index (χ2v) is 9.78. The van der Waals surface area contributed by atoms with Crippen molar-refractivity contribution in [2.75, 3.05) is 24.6 Å². The molecule has 3 aromatic heterocycles. The van der Waals surface area contributed by atoms with Crippen molar-refractivity contribution in [3.05, 3.63) is 86.3 Å². The number of pyridine rings is 1. The van der Waals surface area contributed by atoms with Gasteiger partial charge in [0.15, 0.2) is 5.82 Å². The lowest BCUT2D eigenvalue weighted by molar-refractivity contribution is 0.0394. The van der Waals surface area contributed by atoms with Gasteiger partial charge >= 0.3 is 0 Å². The summed E-state index contributed by atoms with van der Waals surface area (Å²) in [7, 11) is 0. The van der Waals surface area contributed by atoms with Crippen molar-refractivity contribution in [1.29, 1.82) is 0 Å². The Morgan fingerprint density at radius 1 is 1.11 bits per heavy atom. The van der Waals surface area contributed by atoms with Gasteiger partial charge in [-0.2, -0.15) is 0 Å². The number of nitrogens with zero attached hydrogens (tertiary/aromatic N) is 5. The van der Waals surface area contributed by atoms with E-state index in [9.17, 15) is 4.79 Å². The highest BCUT2D eigenvalue weighted by atomic mass is 35.5. The molecule has 4 aromatic rings. The van der Waals surface area contributed by atoms with Crippen LogP contribution in [-0.2, 0) is 17.6 Å². The zero-order valence-electron chi connectivity index (χ0n) is 19.9. The van der Waals surface area contributed by atoms with E-state index in [0.29, 0.717) is 43.1 Å². The first kappa shape index (κ1) is 23.1. The molecule has 4 heterocycles. The molecule has 9 heteroatoms. The summed E-state index contributed by atoms with van der Waals surface area (Å²) in [5, 5.41) is 0.281. The number of halogens is 2. The minimum atomic E-state index is -0.537. The summed E-state index contributed by atoms with van der Waals surface area (Å²) in [6.45, 7) is 3.63. The number of fused-ring (bicyclic) bond motifs is 2. The standard InChI is InChI=1S/C27H25ClFN5O2/c1-16-12-17(8-9-30-16)23-15-33(10-11-36-23)24-14-25-31-22-5-3-2-4-20(22)27(35)34(25)26(32-24)19-7-6-18(28)13-21(19)29/h6-9,12-14,23H,2-5,10-11,15H2,1H3/t23-/m1/s1. The number of rotatable bonds is 3. The molecule has 2 aliphatic rings. The van der Waals surface area contributed by atoms with Crippen LogP contribution in [0.2, 0.25) is 5.02 Å². The van der Waals surface area contributed by atoms with Crippen molar-refractivity contribution in [2.45, 2.75) is 38.7 Å². The molecular weight excluding hydrogens is 481 g/mol. The highest BCUT2D eigenvalue weighted by Crippen LogP contribution is 2.30. The van der Waals surface area contributed by atoms with E-state index in [1.807, 2.05) is 25.1 Å². The SMILES string of the molecule is Cc1cc([C@H]2CN(c3cc4nc5c(c(=O)n4c(-c4ccc(Cl)cc4F)n3)CCCC5)CCO2)ccn1. The molecule has 6 rings (SSSR count). The number of morpholine rings is 1. The van der Waals surface area contributed by atoms with Gasteiger partial charge in [0.2, 0.25) is 0 Å². The summed E-state index contributed by atoms with van der Waals surface area (Å²) < 4.78 is 22.6. The Hall–Kier alpha value is -3.36. The number of aromatic nitrogens is 4. The van der Waals surface area contributed by atoms with Crippen molar-refractivity contribution >= 4 is 23.1 Å². The lowest BCUT2D eigenvalue weighted by atomic mass is 9.97. The Labute approximate surface area is 212 Å². The molecule has 1 aliphatic heterocycles. The number of benzene rings is 1. The van der Waals surface area contributed by atoms with Crippen molar-refractivity contribution in [1.82, 2.24) is 19.4 Å². The monoisotopic (exact) mass is 505 g/mol. The molecule has 7 nitrogen and oxygen atoms in total. The maximum Gasteiger partial charge on any atom is 0.263 e. The molecule has 0 spiro atoms. The molecule has 0 unspecified atom stereocenters. The maximum absolute atomic E-state index is 15.1. The van der Waals surface area contributed by atoms with E-state index in [4.69, 9.17) is 26.3 Å². The van der Waals surface area contributed by atoms with E-state index in [0.717, 1.165) is 36.2 Å². The summed E-state index contributed by atoms with van der Waals surface area (Å²) >= 11 is 6.02. The smallest absolute Gasteiger partial charge is 0.263 e. The Morgan fingerprint density at radius 2 is 1.97 bits per heavy atom. The number of ether oxygens (including phenoxy) is 1. The third-order valence-corrected chi connectivity index (χ3v) is 7.16. The first-order chi connectivity index (χ1) is 17.5. The minimum absolute atomic E-state index is 0.159. The third-order valence-electron chi connectivity index (χ3n) is 6.92. The zero-order valence-corrected chi connectivity index (χ0v) is 20.6. The molecule has 1 fully saturated rings. The minimum Gasteiger partial charge on any atom is -0.370 e. The number of aryl methyl sites for hydroxylation is 2. The van der Waals surface area contributed by atoms with Gasteiger partial charge in [0.05, 0.1) is 17.9 Å². The average molecular weight is 506 g/mol. The lowest BCUT2D eigenvalue weighted by Gasteiger charge is -2.34. The number of anilines is 1. The molecule has 1 aromatic carbocycles. The largest absolute Gasteiger partial charge is 0.370 e. The maximum atomic E-state index is 15.1. The van der Waals surface area contributed by atoms with Crippen LogP contribution in [0.15, 0.2) is 47.4 Å². The molecule has 184 valence electrons. The van der Waals surface area contributed by atoms with Gasteiger partial charge in [0.25, 0.3) is 5.56 Å². The molecule has 1 saturated heterocycles. The zero-order chi connectivity index (χ0) is 24.8. The molecule has 0 radical (unpaired) electrons. The summed E-state index contributed by atoms with van der Waals surface area (Å²) in [4.78, 5) is 29.7. The van der Waals surface area contributed by atoms with Gasteiger partial charge in [-0.1, -0.05) is 11.6 Å². The van der Waals surface area contributed by atoms with Crippen LogP contribution in [0.4, 0.5) is 10.2 Å². The van der Waals surface area contributed by atoms with Crippen LogP contribution >= 0.6 is 11.6 Å². The van der Waals surface area contributed by atoms with Crippen LogP contribution in [-0.4, -0.2) is 39.0 Å². The summed E-state index contributed by atoms with van der Waals surface area (Å²) in [6, 6.07) is 10.2. The van der Waals surface area contributed by atoms with Gasteiger partial charge in [-0.15, -0.1) is 0 Å². The van der Waals surface area contributed by atoms with Gasteiger partial charge in [0, 0.05) is 41.6 Å². The van der Waals surface area contributed by atoms with Gasteiger partial charge in [0.1, 0.15) is 23.4 Å². The van der Waals surface area contributed by atoms with E-state index in [1.165, 1.54) is 10.5 Å². The lowest BCUT2D eigenvalue weighted by Crippen LogP contribution is -2.39. The number of hydrogen-bond acceptors (Lipinski definition) is 6. The van der Waals surface area contributed by atoms with Crippen molar-refractivity contribution in [3.63, 3.8) is 0 Å². The van der Waals surface area contributed by atoms with Crippen molar-refractivity contribution in [2.24, 2.45) is 0 Å². The first-order valence-electron chi connectivity index (χ1n) is 12.2. The molecule has 1 atom stereocenters. The Bertz CT molecular complexity index is 1540. The Kier molecular flexibility index (Phi) is 5.93. The molecule has 0 N–H and O–H groups in total. The third kappa shape index (κ3) is 4.14. The highest BCUT2D eigenvalue weighted by molar-refractivity contribution is 6.30. The molecule has 0 saturated carbocycles. The van der Waals surface area contributed by atoms with Crippen molar-refractivity contribution in [3.8, 4) is 11.4 Å². The fourth-order valence-electron chi connectivity index (χ4n) is 5.12. The Balaban J connectivity index is 1.51. The van der Waals surface area contributed by atoms with Crippen LogP contribution in [0.1, 0.15) is 41.5 Å². The second-order valence-electron chi connectivity index (χ2n) is 9.34. The Morgan fingerprint density at radius 3 is 2.81 bits per heavy atom. The predicted molar refractivity (Wildman–Crippen MR) is 136 cm³/mol. The summed E-state index contributed by atoms with van der Waals surface area (Å²) in [5.74, 6) is 0.316. The second kappa shape index (κ2) is 9.26. The quantitative estimate of drug-likeness (QED) is 0.401. The van der Waals surface area contributed by atoms with Gasteiger partial charge in [-0.05, 0) is 68.5 Å². The van der Waals surface area contributed by atoms with Crippen molar-refractivity contribution < 1.29 is 9.13 Å². The van der Waals surface area contributed by atoms with E-state index in [-0.39, 0.29) is 28.1 Å². The molecule has 0 bridgehead atoms. The molecule has 1 aliphatic carbocycles. The molecule has 36 heavy (non-hydrogen) atoms. The van der Waals surface area contributed by atoms with Crippen LogP contribution in [0.3, 0.4) is 0 Å². The fourth-order valence-corrected chi connectivity index (χ4v) is 5.28. The van der Waals surface area contributed by atoms with Crippen LogP contribution in [0.5, 0.6) is 0 Å². The topological polar surface area (TPSA) is 72.6 Å². The van der Waals surface area contributed by atoms with Crippen LogP contribution in [0.25, 0.3) is 17.0 Å². The van der Waals surface area contributed by atoms with E-state index in [1.54, 1.807) is 18.3 Å². The average Bonchev–Trinajstić information content (AvgIpc) is 2.88. The van der Waals surface area contributed by atoms with E-state index < -0.39 is 5.82 Å². The normalized spacial score (nSPS) is 17.9. The van der Waals surface area contributed by atoms with Crippen LogP contribution in [0, 0.1) is 12.7 Å². The van der Waals surface area contributed by atoms with Gasteiger partial charge in [-0.25, -0.2) is 18.8 Å². The van der Waals surface area contributed by atoms with E-state index >= 15 is 4.39 Å². The highest BCUT2D eigenvalue weighted by Gasteiger charge is 2.26. The summed E-state index contributed by atoms with van der Waals surface area (Å²) in [5.41, 5.74) is 4.00. The summed E-state index contributed by atoms with van der Waals surface area (Å²) in [6.07, 6.45) is 5.00. The van der Waals surface area contributed by atoms with E-state index in [2.05, 4.69) is 9.88 Å². The van der Waals surface area contributed by atoms with Gasteiger partial charge in [-0.3, -0.25) is 9.78 Å². The van der Waals surface area contributed by atoms with Gasteiger partial charge < -0.3 is 9.64 Å². The molecular formula is C27H25ClFN5O2. The van der Waals surface area contributed by atoms with Crippen LogP contribution < -0.4 is 10.5 Å². The predicted octanol–water partition coefficient (Wildman–Crippen LogP) is 4.71.